The first kappa shape index (κ1) is 18.5. The monoisotopic (exact) mass is 364 g/mol. The predicted molar refractivity (Wildman–Crippen MR) is 123 cm³/mol. The fourth-order valence-corrected chi connectivity index (χ4v) is 4.08. The summed E-state index contributed by atoms with van der Waals surface area (Å²) in [6.45, 7) is 9.02. The third kappa shape index (κ3) is 3.36. The van der Waals surface area contributed by atoms with Gasteiger partial charge in [-0.3, -0.25) is 0 Å². The molecule has 4 rings (SSSR count). The number of fused-ring (bicyclic) bond motifs is 1. The maximum absolute atomic E-state index is 2.30. The van der Waals surface area contributed by atoms with E-state index in [4.69, 9.17) is 0 Å². The maximum Gasteiger partial charge on any atom is -0.00991 e. The zero-order valence-corrected chi connectivity index (χ0v) is 17.2. The Morgan fingerprint density at radius 3 is 1.68 bits per heavy atom. The van der Waals surface area contributed by atoms with E-state index in [0.29, 0.717) is 11.8 Å². The van der Waals surface area contributed by atoms with Crippen LogP contribution < -0.4 is 0 Å². The lowest BCUT2D eigenvalue weighted by atomic mass is 9.87. The molecule has 0 fully saturated rings. The minimum Gasteiger partial charge on any atom is -0.0619 e. The molecule has 0 heterocycles. The van der Waals surface area contributed by atoms with Gasteiger partial charge in [0.15, 0.2) is 0 Å². The molecule has 0 nitrogen and oxygen atoms in total. The molecule has 0 N–H and O–H groups in total. The van der Waals surface area contributed by atoms with E-state index in [2.05, 4.69) is 113 Å². The van der Waals surface area contributed by atoms with Crippen molar-refractivity contribution >= 4 is 10.8 Å². The molecule has 28 heavy (non-hydrogen) atoms. The van der Waals surface area contributed by atoms with Crippen molar-refractivity contribution in [2.75, 3.05) is 0 Å². The first-order valence-electron chi connectivity index (χ1n) is 10.3. The van der Waals surface area contributed by atoms with Crippen molar-refractivity contribution in [1.29, 1.82) is 0 Å². The van der Waals surface area contributed by atoms with Crippen molar-refractivity contribution < 1.29 is 0 Å². The quantitative estimate of drug-likeness (QED) is 0.341. The molecular weight excluding hydrogens is 336 g/mol. The molecule has 0 amide bonds. The highest BCUT2D eigenvalue weighted by atomic mass is 14.2. The van der Waals surface area contributed by atoms with Crippen molar-refractivity contribution in [3.05, 3.63) is 96.1 Å². The van der Waals surface area contributed by atoms with Gasteiger partial charge in [0.05, 0.1) is 0 Å². The van der Waals surface area contributed by atoms with Crippen LogP contribution in [0.4, 0.5) is 0 Å². The second kappa shape index (κ2) is 7.64. The largest absolute Gasteiger partial charge is 0.0619 e. The number of benzene rings is 4. The summed E-state index contributed by atoms with van der Waals surface area (Å²) < 4.78 is 0. The van der Waals surface area contributed by atoms with Gasteiger partial charge < -0.3 is 0 Å². The second-order valence-electron chi connectivity index (χ2n) is 8.22. The second-order valence-corrected chi connectivity index (χ2v) is 8.22. The highest BCUT2D eigenvalue weighted by Gasteiger charge is 2.13. The van der Waals surface area contributed by atoms with E-state index in [9.17, 15) is 0 Å². The Balaban J connectivity index is 1.91. The van der Waals surface area contributed by atoms with Crippen molar-refractivity contribution in [3.8, 4) is 22.3 Å². The standard InChI is InChI=1S/C28H28/c1-19(2)21-13-15-22(16-14-21)24-17-18-28(27-12-8-7-11-26(24)27)25-10-6-5-9-23(25)20(3)4/h5-20H,1-4H3. The summed E-state index contributed by atoms with van der Waals surface area (Å²) in [5.41, 5.74) is 8.04. The average Bonchev–Trinajstić information content (AvgIpc) is 2.73. The van der Waals surface area contributed by atoms with E-state index < -0.39 is 0 Å². The maximum atomic E-state index is 2.30. The molecule has 0 saturated carbocycles. The highest BCUT2D eigenvalue weighted by Crippen LogP contribution is 2.38. The Labute approximate surface area is 168 Å². The Kier molecular flexibility index (Phi) is 5.05. The minimum absolute atomic E-state index is 0.498. The van der Waals surface area contributed by atoms with Gasteiger partial charge in [0, 0.05) is 0 Å². The number of hydrogen-bond acceptors (Lipinski definition) is 0. The van der Waals surface area contributed by atoms with Crippen molar-refractivity contribution in [2.45, 2.75) is 39.5 Å². The van der Waals surface area contributed by atoms with Crippen LogP contribution in [-0.4, -0.2) is 0 Å². The van der Waals surface area contributed by atoms with Crippen LogP contribution in [0.15, 0.2) is 84.9 Å². The summed E-state index contributed by atoms with van der Waals surface area (Å²) in [5.74, 6) is 1.05. The number of rotatable bonds is 4. The van der Waals surface area contributed by atoms with Gasteiger partial charge in [0.2, 0.25) is 0 Å². The summed E-state index contributed by atoms with van der Waals surface area (Å²) in [6.07, 6.45) is 0. The minimum atomic E-state index is 0.498. The average molecular weight is 365 g/mol. The molecule has 0 saturated heterocycles. The summed E-state index contributed by atoms with van der Waals surface area (Å²) in [5, 5.41) is 2.64. The third-order valence-electron chi connectivity index (χ3n) is 5.69. The molecule has 0 radical (unpaired) electrons. The van der Waals surface area contributed by atoms with E-state index in [-0.39, 0.29) is 0 Å². The van der Waals surface area contributed by atoms with Gasteiger partial charge in [-0.05, 0) is 56.0 Å². The SMILES string of the molecule is CC(C)c1ccc(-c2ccc(-c3ccccc3C(C)C)c3ccccc23)cc1. The summed E-state index contributed by atoms with van der Waals surface area (Å²) >= 11 is 0. The molecule has 4 aromatic carbocycles. The van der Waals surface area contributed by atoms with Gasteiger partial charge in [-0.1, -0.05) is 113 Å². The van der Waals surface area contributed by atoms with Crippen LogP contribution in [0.3, 0.4) is 0 Å². The fourth-order valence-electron chi connectivity index (χ4n) is 4.08. The summed E-state index contributed by atoms with van der Waals surface area (Å²) in [7, 11) is 0. The van der Waals surface area contributed by atoms with Crippen LogP contribution in [0.5, 0.6) is 0 Å². The molecule has 0 atom stereocenters. The van der Waals surface area contributed by atoms with E-state index in [1.807, 2.05) is 0 Å². The molecule has 4 aromatic rings. The van der Waals surface area contributed by atoms with Crippen LogP contribution in [0.1, 0.15) is 50.7 Å². The Bertz CT molecular complexity index is 1100. The third-order valence-corrected chi connectivity index (χ3v) is 5.69. The molecular formula is C28H28. The topological polar surface area (TPSA) is 0 Å². The van der Waals surface area contributed by atoms with Crippen molar-refractivity contribution in [1.82, 2.24) is 0 Å². The van der Waals surface area contributed by atoms with Gasteiger partial charge in [0.1, 0.15) is 0 Å². The fraction of sp³-hybridized carbons (Fsp3) is 0.214. The summed E-state index contributed by atoms with van der Waals surface area (Å²) in [6, 6.07) is 31.2. The van der Waals surface area contributed by atoms with E-state index in [0.717, 1.165) is 0 Å². The zero-order valence-electron chi connectivity index (χ0n) is 17.2. The molecule has 0 aliphatic heterocycles. The Morgan fingerprint density at radius 1 is 0.464 bits per heavy atom. The zero-order chi connectivity index (χ0) is 19.7. The Hall–Kier alpha value is -2.86. The van der Waals surface area contributed by atoms with Gasteiger partial charge in [-0.25, -0.2) is 0 Å². The summed E-state index contributed by atoms with van der Waals surface area (Å²) in [4.78, 5) is 0. The van der Waals surface area contributed by atoms with Crippen molar-refractivity contribution in [2.24, 2.45) is 0 Å². The predicted octanol–water partition coefficient (Wildman–Crippen LogP) is 8.42. The van der Waals surface area contributed by atoms with E-state index in [1.54, 1.807) is 0 Å². The molecule has 0 unspecified atom stereocenters. The van der Waals surface area contributed by atoms with Crippen LogP contribution >= 0.6 is 0 Å². The van der Waals surface area contributed by atoms with Gasteiger partial charge in [0.25, 0.3) is 0 Å². The van der Waals surface area contributed by atoms with Crippen LogP contribution in [0, 0.1) is 0 Å². The molecule has 0 bridgehead atoms. The molecule has 0 aromatic heterocycles. The molecule has 0 heteroatoms. The molecule has 0 spiro atoms. The van der Waals surface area contributed by atoms with Crippen LogP contribution in [0.25, 0.3) is 33.0 Å². The van der Waals surface area contributed by atoms with Crippen molar-refractivity contribution in [3.63, 3.8) is 0 Å². The van der Waals surface area contributed by atoms with Gasteiger partial charge >= 0.3 is 0 Å². The molecule has 0 aliphatic carbocycles. The van der Waals surface area contributed by atoms with Gasteiger partial charge in [-0.2, -0.15) is 0 Å². The highest BCUT2D eigenvalue weighted by molar-refractivity contribution is 6.05. The lowest BCUT2D eigenvalue weighted by molar-refractivity contribution is 0.867. The number of hydrogen-bond donors (Lipinski definition) is 0. The van der Waals surface area contributed by atoms with E-state index in [1.165, 1.54) is 44.2 Å². The lowest BCUT2D eigenvalue weighted by Crippen LogP contribution is -1.93. The smallest absolute Gasteiger partial charge is 0.00991 e. The Morgan fingerprint density at radius 2 is 1.04 bits per heavy atom. The van der Waals surface area contributed by atoms with Crippen LogP contribution in [0.2, 0.25) is 0 Å². The lowest BCUT2D eigenvalue weighted by Gasteiger charge is -2.17. The first-order valence-corrected chi connectivity index (χ1v) is 10.3. The van der Waals surface area contributed by atoms with Crippen LogP contribution in [-0.2, 0) is 0 Å². The first-order chi connectivity index (χ1) is 13.6. The van der Waals surface area contributed by atoms with E-state index >= 15 is 0 Å². The normalized spacial score (nSPS) is 11.5. The molecule has 0 aliphatic rings. The van der Waals surface area contributed by atoms with Gasteiger partial charge in [-0.15, -0.1) is 0 Å². The molecule has 140 valence electrons.